The number of aromatic amines is 1. The lowest BCUT2D eigenvalue weighted by Gasteiger charge is -2.38. The Balaban J connectivity index is 1.02. The number of aromatic nitrogens is 1. The van der Waals surface area contributed by atoms with Gasteiger partial charge >= 0.3 is 0 Å². The maximum Gasteiger partial charge on any atom is 0.246 e. The number of H-pyrrole nitrogens is 1. The van der Waals surface area contributed by atoms with E-state index in [2.05, 4.69) is 21.0 Å². The third-order valence-electron chi connectivity index (χ3n) is 8.21. The number of likely N-dealkylation sites (tertiary alicyclic amines) is 2. The number of amides is 1. The van der Waals surface area contributed by atoms with Gasteiger partial charge in [0.2, 0.25) is 12.7 Å². The van der Waals surface area contributed by atoms with Gasteiger partial charge in [0, 0.05) is 42.3 Å². The fourth-order valence-electron chi connectivity index (χ4n) is 6.13. The standard InChI is InChI=1S/C30H34FN3O3/c31-23-6-7-25-26(19-32-27(25)18-23)22-10-14-33(15-11-22)16-12-24-3-1-2-13-34(24)30(35)9-5-21-4-8-28-29(17-21)37-20-36-28/h4-9,17-19,22,24,32H,1-3,10-16,20H2/b9-5+/t24-/m0/s1. The summed E-state index contributed by atoms with van der Waals surface area (Å²) < 4.78 is 24.4. The summed E-state index contributed by atoms with van der Waals surface area (Å²) in [5, 5.41) is 1.14. The summed E-state index contributed by atoms with van der Waals surface area (Å²) in [7, 11) is 0. The Kier molecular flexibility index (Phi) is 6.87. The molecule has 6 nitrogen and oxygen atoms in total. The predicted molar refractivity (Wildman–Crippen MR) is 142 cm³/mol. The van der Waals surface area contributed by atoms with E-state index in [1.54, 1.807) is 18.2 Å². The molecule has 0 aliphatic carbocycles. The number of nitrogens with one attached hydrogen (secondary N) is 1. The molecule has 3 aliphatic heterocycles. The Morgan fingerprint density at radius 2 is 1.89 bits per heavy atom. The van der Waals surface area contributed by atoms with E-state index in [9.17, 15) is 9.18 Å². The van der Waals surface area contributed by atoms with Crippen LogP contribution in [0.4, 0.5) is 4.39 Å². The number of fused-ring (bicyclic) bond motifs is 2. The van der Waals surface area contributed by atoms with Gasteiger partial charge in [0.1, 0.15) is 5.82 Å². The summed E-state index contributed by atoms with van der Waals surface area (Å²) >= 11 is 0. The number of carbonyl (C=O) groups is 1. The minimum atomic E-state index is -0.200. The van der Waals surface area contributed by atoms with Crippen LogP contribution in [0.5, 0.6) is 11.5 Å². The molecule has 0 saturated carbocycles. The molecule has 2 saturated heterocycles. The summed E-state index contributed by atoms with van der Waals surface area (Å²) in [5.74, 6) is 1.88. The van der Waals surface area contributed by atoms with Gasteiger partial charge in [-0.3, -0.25) is 4.79 Å². The summed E-state index contributed by atoms with van der Waals surface area (Å²) in [5.41, 5.74) is 3.13. The van der Waals surface area contributed by atoms with Crippen molar-refractivity contribution in [2.75, 3.05) is 33.0 Å². The first kappa shape index (κ1) is 24.0. The van der Waals surface area contributed by atoms with Crippen LogP contribution in [0.1, 0.15) is 55.6 Å². The molecule has 37 heavy (non-hydrogen) atoms. The van der Waals surface area contributed by atoms with Crippen molar-refractivity contribution in [3.05, 3.63) is 65.6 Å². The van der Waals surface area contributed by atoms with E-state index in [1.165, 1.54) is 12.0 Å². The Hall–Kier alpha value is -3.32. The first-order valence-electron chi connectivity index (χ1n) is 13.5. The Morgan fingerprint density at radius 3 is 2.78 bits per heavy atom. The number of benzene rings is 2. The quantitative estimate of drug-likeness (QED) is 0.439. The van der Waals surface area contributed by atoms with Gasteiger partial charge in [-0.15, -0.1) is 0 Å². The smallest absolute Gasteiger partial charge is 0.246 e. The van der Waals surface area contributed by atoms with Crippen molar-refractivity contribution in [1.29, 1.82) is 0 Å². The third-order valence-corrected chi connectivity index (χ3v) is 8.21. The van der Waals surface area contributed by atoms with E-state index >= 15 is 0 Å². The largest absolute Gasteiger partial charge is 0.454 e. The number of ether oxygens (including phenoxy) is 2. The molecule has 0 radical (unpaired) electrons. The van der Waals surface area contributed by atoms with Crippen molar-refractivity contribution in [1.82, 2.24) is 14.8 Å². The highest BCUT2D eigenvalue weighted by Gasteiger charge is 2.28. The van der Waals surface area contributed by atoms with Gasteiger partial charge in [0.15, 0.2) is 11.5 Å². The number of halogens is 1. The first-order valence-corrected chi connectivity index (χ1v) is 13.5. The summed E-state index contributed by atoms with van der Waals surface area (Å²) in [6.45, 7) is 4.22. The van der Waals surface area contributed by atoms with Gasteiger partial charge in [0.05, 0.1) is 0 Å². The summed E-state index contributed by atoms with van der Waals surface area (Å²) in [6, 6.07) is 11.1. The topological polar surface area (TPSA) is 57.8 Å². The zero-order valence-corrected chi connectivity index (χ0v) is 21.1. The van der Waals surface area contributed by atoms with Gasteiger partial charge < -0.3 is 24.3 Å². The van der Waals surface area contributed by atoms with Crippen LogP contribution in [-0.2, 0) is 4.79 Å². The number of carbonyl (C=O) groups excluding carboxylic acids is 1. The number of nitrogens with zero attached hydrogens (tertiary/aromatic N) is 2. The zero-order chi connectivity index (χ0) is 25.2. The third kappa shape index (κ3) is 5.23. The molecule has 3 aliphatic rings. The molecule has 1 aromatic heterocycles. The SMILES string of the molecule is O=C(/C=C/c1ccc2c(c1)OCO2)N1CCCC[C@H]1CCN1CCC(c2c[nH]c3cc(F)ccc23)CC1. The average Bonchev–Trinajstić information content (AvgIpc) is 3.57. The Labute approximate surface area is 217 Å². The minimum absolute atomic E-state index is 0.0943. The van der Waals surface area contributed by atoms with E-state index in [1.807, 2.05) is 30.3 Å². The maximum absolute atomic E-state index is 13.6. The predicted octanol–water partition coefficient (Wildman–Crippen LogP) is 5.70. The molecular weight excluding hydrogens is 469 g/mol. The molecule has 194 valence electrons. The molecule has 3 aromatic rings. The lowest BCUT2D eigenvalue weighted by atomic mass is 9.89. The van der Waals surface area contributed by atoms with E-state index in [0.717, 1.165) is 86.2 Å². The van der Waals surface area contributed by atoms with Gasteiger partial charge in [-0.25, -0.2) is 4.39 Å². The molecule has 1 amide bonds. The van der Waals surface area contributed by atoms with Crippen LogP contribution in [0.15, 0.2) is 48.7 Å². The Bertz CT molecular complexity index is 1290. The van der Waals surface area contributed by atoms with Gasteiger partial charge in [0.25, 0.3) is 0 Å². The van der Waals surface area contributed by atoms with Crippen LogP contribution < -0.4 is 9.47 Å². The van der Waals surface area contributed by atoms with Crippen molar-refractivity contribution >= 4 is 22.9 Å². The zero-order valence-electron chi connectivity index (χ0n) is 21.1. The number of piperidine rings is 2. The fraction of sp³-hybridized carbons (Fsp3) is 0.433. The molecule has 0 spiro atoms. The molecule has 6 rings (SSSR count). The highest BCUT2D eigenvalue weighted by Crippen LogP contribution is 2.34. The van der Waals surface area contributed by atoms with Crippen molar-refractivity contribution in [2.45, 2.75) is 50.5 Å². The van der Waals surface area contributed by atoms with Gasteiger partial charge in [-0.2, -0.15) is 0 Å². The monoisotopic (exact) mass is 503 g/mol. The first-order chi connectivity index (χ1) is 18.1. The van der Waals surface area contributed by atoms with Crippen molar-refractivity contribution in [3.63, 3.8) is 0 Å². The van der Waals surface area contributed by atoms with Gasteiger partial charge in [-0.1, -0.05) is 6.07 Å². The summed E-state index contributed by atoms with van der Waals surface area (Å²) in [4.78, 5) is 21.0. The van der Waals surface area contributed by atoms with Crippen molar-refractivity contribution < 1.29 is 18.7 Å². The number of hydrogen-bond acceptors (Lipinski definition) is 4. The van der Waals surface area contributed by atoms with Crippen LogP contribution in [0.2, 0.25) is 0 Å². The van der Waals surface area contributed by atoms with E-state index in [-0.39, 0.29) is 18.5 Å². The molecular formula is C30H34FN3O3. The normalized spacial score (nSPS) is 20.8. The lowest BCUT2D eigenvalue weighted by Crippen LogP contribution is -2.45. The second-order valence-corrected chi connectivity index (χ2v) is 10.5. The molecule has 2 aromatic carbocycles. The second-order valence-electron chi connectivity index (χ2n) is 10.5. The summed E-state index contributed by atoms with van der Waals surface area (Å²) in [6.07, 6.45) is 12.2. The molecule has 2 fully saturated rings. The van der Waals surface area contributed by atoms with Crippen molar-refractivity contribution in [3.8, 4) is 11.5 Å². The van der Waals surface area contributed by atoms with Crippen molar-refractivity contribution in [2.24, 2.45) is 0 Å². The highest BCUT2D eigenvalue weighted by atomic mass is 19.1. The van der Waals surface area contributed by atoms with Crippen LogP contribution in [-0.4, -0.2) is 59.7 Å². The molecule has 7 heteroatoms. The number of hydrogen-bond donors (Lipinski definition) is 1. The van der Waals surface area contributed by atoms with Crippen LogP contribution in [0, 0.1) is 5.82 Å². The van der Waals surface area contributed by atoms with E-state index in [4.69, 9.17) is 9.47 Å². The molecule has 4 heterocycles. The second kappa shape index (κ2) is 10.6. The van der Waals surface area contributed by atoms with Gasteiger partial charge in [-0.05, 0) is 105 Å². The van der Waals surface area contributed by atoms with Crippen LogP contribution in [0.3, 0.4) is 0 Å². The average molecular weight is 504 g/mol. The fourth-order valence-corrected chi connectivity index (χ4v) is 6.13. The molecule has 1 N–H and O–H groups in total. The molecule has 0 bridgehead atoms. The van der Waals surface area contributed by atoms with Crippen LogP contribution >= 0.6 is 0 Å². The molecule has 1 atom stereocenters. The van der Waals surface area contributed by atoms with E-state index < -0.39 is 0 Å². The van der Waals surface area contributed by atoms with E-state index in [0.29, 0.717) is 12.0 Å². The Morgan fingerprint density at radius 1 is 1.03 bits per heavy atom. The molecule has 0 unspecified atom stereocenters. The minimum Gasteiger partial charge on any atom is -0.454 e. The maximum atomic E-state index is 13.6. The van der Waals surface area contributed by atoms with Crippen LogP contribution in [0.25, 0.3) is 17.0 Å². The lowest BCUT2D eigenvalue weighted by molar-refractivity contribution is -0.129. The highest BCUT2D eigenvalue weighted by molar-refractivity contribution is 5.92. The number of rotatable bonds is 6.